The van der Waals surface area contributed by atoms with Crippen molar-refractivity contribution in [2.75, 3.05) is 24.5 Å². The van der Waals surface area contributed by atoms with E-state index in [9.17, 15) is 0 Å². The molecule has 2 aliphatic rings. The second kappa shape index (κ2) is 10.2. The summed E-state index contributed by atoms with van der Waals surface area (Å²) in [6.45, 7) is 12.1. The van der Waals surface area contributed by atoms with Crippen LogP contribution < -0.4 is 4.90 Å². The van der Waals surface area contributed by atoms with Crippen molar-refractivity contribution in [1.29, 1.82) is 0 Å². The molecule has 1 aromatic carbocycles. The van der Waals surface area contributed by atoms with Gasteiger partial charge in [0.15, 0.2) is 5.65 Å². The fourth-order valence-electron chi connectivity index (χ4n) is 5.72. The fourth-order valence-corrected chi connectivity index (χ4v) is 6.28. The largest absolute Gasteiger partial charge is 0.355 e. The molecule has 2 saturated heterocycles. The summed E-state index contributed by atoms with van der Waals surface area (Å²) < 4.78 is 1.94. The van der Waals surface area contributed by atoms with Crippen molar-refractivity contribution in [3.63, 3.8) is 0 Å². The molecule has 0 bridgehead atoms. The van der Waals surface area contributed by atoms with Crippen molar-refractivity contribution < 1.29 is 0 Å². The van der Waals surface area contributed by atoms with E-state index >= 15 is 0 Å². The minimum Gasteiger partial charge on any atom is -0.355 e. The molecular formula is C25H33Cl3N6. The van der Waals surface area contributed by atoms with Gasteiger partial charge in [0.1, 0.15) is 11.3 Å². The molecule has 3 unspecified atom stereocenters. The van der Waals surface area contributed by atoms with E-state index in [0.717, 1.165) is 41.3 Å². The van der Waals surface area contributed by atoms with Gasteiger partial charge in [-0.05, 0) is 70.2 Å². The van der Waals surface area contributed by atoms with E-state index in [1.165, 1.54) is 25.8 Å². The molecule has 0 amide bonds. The topological polar surface area (TPSA) is 50.1 Å². The molecule has 4 atom stereocenters. The summed E-state index contributed by atoms with van der Waals surface area (Å²) in [7, 11) is 0. The number of fused-ring (bicyclic) bond motifs is 1. The van der Waals surface area contributed by atoms with Gasteiger partial charge >= 0.3 is 0 Å². The molecule has 34 heavy (non-hydrogen) atoms. The molecule has 2 fully saturated rings. The second-order valence-corrected chi connectivity index (χ2v) is 10.6. The number of likely N-dealkylation sites (tertiary alicyclic amines) is 1. The van der Waals surface area contributed by atoms with Gasteiger partial charge in [-0.3, -0.25) is 4.90 Å². The summed E-state index contributed by atoms with van der Waals surface area (Å²) in [5.74, 6) is 1.52. The lowest BCUT2D eigenvalue weighted by atomic mass is 9.92. The highest BCUT2D eigenvalue weighted by Gasteiger charge is 2.35. The van der Waals surface area contributed by atoms with E-state index in [4.69, 9.17) is 38.3 Å². The summed E-state index contributed by atoms with van der Waals surface area (Å²) in [4.78, 5) is 15.0. The number of hydrogen-bond acceptors (Lipinski definition) is 5. The van der Waals surface area contributed by atoms with Crippen LogP contribution in [0.15, 0.2) is 24.4 Å². The molecule has 0 aliphatic carbocycles. The standard InChI is InChI=1S/C25H32Cl2N6.ClH/c1-15-14-31(11-9-22(15)32-10-5-6-16(32)2)23-13-28-24-17(3)30-33(25(24)29-23)18(4)20-8-7-19(26)12-21(20)27;/h7-8,12-13,15-16,18,22H,5-6,9-11,14H2,1-4H3;1H/t15?,16-,18?,22?;/m0./s1. The van der Waals surface area contributed by atoms with Gasteiger partial charge in [0.25, 0.3) is 0 Å². The summed E-state index contributed by atoms with van der Waals surface area (Å²) >= 11 is 12.6. The minimum atomic E-state index is -0.0863. The third kappa shape index (κ3) is 4.62. The van der Waals surface area contributed by atoms with Gasteiger partial charge in [-0.15, -0.1) is 12.4 Å². The summed E-state index contributed by atoms with van der Waals surface area (Å²) in [5, 5.41) is 6.04. The Bertz CT molecular complexity index is 1170. The van der Waals surface area contributed by atoms with E-state index in [-0.39, 0.29) is 18.4 Å². The van der Waals surface area contributed by atoms with Gasteiger partial charge in [0, 0.05) is 35.2 Å². The molecule has 0 N–H and O–H groups in total. The second-order valence-electron chi connectivity index (χ2n) is 9.78. The average molecular weight is 524 g/mol. The first-order chi connectivity index (χ1) is 15.8. The predicted molar refractivity (Wildman–Crippen MR) is 143 cm³/mol. The van der Waals surface area contributed by atoms with Crippen LogP contribution in [0, 0.1) is 12.8 Å². The number of nitrogens with zero attached hydrogens (tertiary/aromatic N) is 6. The van der Waals surface area contributed by atoms with Gasteiger partial charge in [-0.25, -0.2) is 14.6 Å². The Morgan fingerprint density at radius 2 is 1.91 bits per heavy atom. The van der Waals surface area contributed by atoms with Crippen LogP contribution in [0.25, 0.3) is 11.2 Å². The lowest BCUT2D eigenvalue weighted by Crippen LogP contribution is -2.51. The van der Waals surface area contributed by atoms with Crippen LogP contribution >= 0.6 is 35.6 Å². The number of hydrogen-bond donors (Lipinski definition) is 0. The van der Waals surface area contributed by atoms with Gasteiger partial charge < -0.3 is 4.90 Å². The first kappa shape index (κ1) is 25.5. The molecule has 0 radical (unpaired) electrons. The zero-order chi connectivity index (χ0) is 23.3. The molecule has 0 spiro atoms. The zero-order valence-corrected chi connectivity index (χ0v) is 22.5. The summed E-state index contributed by atoms with van der Waals surface area (Å²) in [6, 6.07) is 6.88. The maximum Gasteiger partial charge on any atom is 0.179 e. The predicted octanol–water partition coefficient (Wildman–Crippen LogP) is 6.17. The van der Waals surface area contributed by atoms with Crippen LogP contribution in [-0.2, 0) is 0 Å². The molecular weight excluding hydrogens is 491 g/mol. The maximum atomic E-state index is 6.51. The van der Waals surface area contributed by atoms with Gasteiger partial charge in [-0.2, -0.15) is 5.10 Å². The van der Waals surface area contributed by atoms with E-state index < -0.39 is 0 Å². The molecule has 2 aliphatic heterocycles. The molecule has 0 saturated carbocycles. The van der Waals surface area contributed by atoms with Gasteiger partial charge in [-0.1, -0.05) is 36.2 Å². The quantitative estimate of drug-likeness (QED) is 0.409. The van der Waals surface area contributed by atoms with E-state index in [0.29, 0.717) is 28.0 Å². The lowest BCUT2D eigenvalue weighted by molar-refractivity contribution is 0.122. The molecule has 3 aromatic rings. The molecule has 9 heteroatoms. The van der Waals surface area contributed by atoms with Crippen molar-refractivity contribution in [2.45, 2.75) is 65.1 Å². The first-order valence-corrected chi connectivity index (χ1v) is 12.8. The third-order valence-corrected chi connectivity index (χ3v) is 8.12. The molecule has 5 rings (SSSR count). The highest BCUT2D eigenvalue weighted by molar-refractivity contribution is 6.35. The van der Waals surface area contributed by atoms with Gasteiger partial charge in [0.05, 0.1) is 17.9 Å². The number of halogens is 3. The Morgan fingerprint density at radius 1 is 1.12 bits per heavy atom. The fraction of sp³-hybridized carbons (Fsp3) is 0.560. The number of benzene rings is 1. The monoisotopic (exact) mass is 522 g/mol. The lowest BCUT2D eigenvalue weighted by Gasteiger charge is -2.43. The first-order valence-electron chi connectivity index (χ1n) is 12.0. The van der Waals surface area contributed by atoms with E-state index in [2.05, 4.69) is 30.6 Å². The average Bonchev–Trinajstić information content (AvgIpc) is 3.36. The van der Waals surface area contributed by atoms with Crippen molar-refractivity contribution in [1.82, 2.24) is 24.6 Å². The summed E-state index contributed by atoms with van der Waals surface area (Å²) in [6.07, 6.45) is 5.73. The van der Waals surface area contributed by atoms with Crippen molar-refractivity contribution in [3.05, 3.63) is 45.7 Å². The van der Waals surface area contributed by atoms with Crippen LogP contribution in [0.2, 0.25) is 10.0 Å². The Morgan fingerprint density at radius 3 is 2.59 bits per heavy atom. The van der Waals surface area contributed by atoms with Crippen LogP contribution in [0.4, 0.5) is 5.82 Å². The maximum absolute atomic E-state index is 6.51. The smallest absolute Gasteiger partial charge is 0.179 e. The number of rotatable bonds is 4. The number of aryl methyl sites for hydroxylation is 1. The van der Waals surface area contributed by atoms with E-state index in [1.54, 1.807) is 6.07 Å². The third-order valence-electron chi connectivity index (χ3n) is 7.55. The van der Waals surface area contributed by atoms with Crippen LogP contribution in [0.3, 0.4) is 0 Å². The Balaban J connectivity index is 0.00000274. The minimum absolute atomic E-state index is 0. The molecule has 2 aromatic heterocycles. The number of anilines is 1. The van der Waals surface area contributed by atoms with Gasteiger partial charge in [0.2, 0.25) is 0 Å². The molecule has 4 heterocycles. The Kier molecular flexibility index (Phi) is 7.63. The van der Waals surface area contributed by atoms with Crippen molar-refractivity contribution in [2.24, 2.45) is 5.92 Å². The van der Waals surface area contributed by atoms with Crippen LogP contribution in [-0.4, -0.2) is 56.4 Å². The number of piperidine rings is 1. The summed E-state index contributed by atoms with van der Waals surface area (Å²) in [5.41, 5.74) is 3.47. The molecule has 6 nitrogen and oxygen atoms in total. The SMILES string of the molecule is Cc1nn(C(C)c2ccc(Cl)cc2Cl)c2nc(N3CCC(N4CCC[C@@H]4C)C(C)C3)cnc12.Cl. The van der Waals surface area contributed by atoms with Crippen LogP contribution in [0.1, 0.15) is 57.3 Å². The zero-order valence-electron chi connectivity index (χ0n) is 20.2. The van der Waals surface area contributed by atoms with E-state index in [1.807, 2.05) is 29.9 Å². The molecule has 184 valence electrons. The Hall–Kier alpha value is -1.60. The Labute approximate surface area is 218 Å². The highest BCUT2D eigenvalue weighted by Crippen LogP contribution is 2.33. The highest BCUT2D eigenvalue weighted by atomic mass is 35.5. The van der Waals surface area contributed by atoms with Crippen LogP contribution in [0.5, 0.6) is 0 Å². The van der Waals surface area contributed by atoms with Crippen molar-refractivity contribution in [3.8, 4) is 0 Å². The van der Waals surface area contributed by atoms with Crippen molar-refractivity contribution >= 4 is 52.6 Å². The normalized spacial score (nSPS) is 24.4. The number of aromatic nitrogens is 4.